The van der Waals surface area contributed by atoms with E-state index in [4.69, 9.17) is 0 Å². The van der Waals surface area contributed by atoms with E-state index in [0.29, 0.717) is 25.5 Å². The highest BCUT2D eigenvalue weighted by Gasteiger charge is 2.32. The van der Waals surface area contributed by atoms with Crippen molar-refractivity contribution in [2.45, 2.75) is 24.8 Å². The smallest absolute Gasteiger partial charge is 0.390 e. The van der Waals surface area contributed by atoms with Crippen LogP contribution in [0.3, 0.4) is 0 Å². The number of β-amino-alcohol motifs (C(OH)–C–C–N with tert-alkyl or cyclic N) is 1. The summed E-state index contributed by atoms with van der Waals surface area (Å²) in [5.74, 6) is -0.240. The monoisotopic (exact) mass is 366 g/mol. The van der Waals surface area contributed by atoms with Gasteiger partial charge >= 0.3 is 6.18 Å². The summed E-state index contributed by atoms with van der Waals surface area (Å²) in [5.41, 5.74) is -1.18. The Morgan fingerprint density at radius 3 is 2.56 bits per heavy atom. The lowest BCUT2D eigenvalue weighted by Crippen LogP contribution is -2.47. The molecule has 0 aromatic carbocycles. The van der Waals surface area contributed by atoms with Crippen molar-refractivity contribution < 1.29 is 37.4 Å². The summed E-state index contributed by atoms with van der Waals surface area (Å²) in [6.45, 7) is 0.985. The maximum absolute atomic E-state index is 11.9. The van der Waals surface area contributed by atoms with Gasteiger partial charge in [-0.3, -0.25) is 4.94 Å². The quantitative estimate of drug-likeness (QED) is 0.768. The fourth-order valence-corrected chi connectivity index (χ4v) is 2.02. The summed E-state index contributed by atoms with van der Waals surface area (Å²) < 4.78 is 51.5. The summed E-state index contributed by atoms with van der Waals surface area (Å²) in [4.78, 5) is 11.5. The van der Waals surface area contributed by atoms with E-state index >= 15 is 0 Å². The lowest BCUT2D eigenvalue weighted by atomic mass is 10.1. The molecule has 1 aliphatic rings. The standard InChI is InChI=1S/C7H11N3O3.C6H3F4NO/c11-5-1-2-10(3-6(5)12)7-8-4-13-9-7;7-6(8,9)4-2-1-3-5(11-4)12-10/h4-6,11-12H,1-3H2;1-3H. The van der Waals surface area contributed by atoms with Crippen LogP contribution in [-0.2, 0) is 6.18 Å². The number of halogens is 4. The second kappa shape index (κ2) is 8.07. The molecule has 2 unspecified atom stereocenters. The Kier molecular flexibility index (Phi) is 6.09. The van der Waals surface area contributed by atoms with Gasteiger partial charge in [-0.1, -0.05) is 6.07 Å². The van der Waals surface area contributed by atoms with Crippen molar-refractivity contribution in [2.24, 2.45) is 0 Å². The van der Waals surface area contributed by atoms with E-state index < -0.39 is 30.0 Å². The molecule has 2 aromatic rings. The molecule has 3 rings (SSSR count). The van der Waals surface area contributed by atoms with E-state index in [1.807, 2.05) is 0 Å². The fourth-order valence-electron chi connectivity index (χ4n) is 2.02. The van der Waals surface area contributed by atoms with Gasteiger partial charge < -0.3 is 19.6 Å². The molecule has 2 aromatic heterocycles. The summed E-state index contributed by atoms with van der Waals surface area (Å²) >= 11 is 0. The molecule has 0 spiro atoms. The summed E-state index contributed by atoms with van der Waals surface area (Å²) in [7, 11) is 0. The zero-order valence-electron chi connectivity index (χ0n) is 12.6. The second-order valence-corrected chi connectivity index (χ2v) is 5.04. The number of pyridine rings is 1. The summed E-state index contributed by atoms with van der Waals surface area (Å²) in [6.07, 6.45) is -4.17. The maximum Gasteiger partial charge on any atom is 0.433 e. The van der Waals surface area contributed by atoms with Crippen LogP contribution in [0.15, 0.2) is 29.1 Å². The van der Waals surface area contributed by atoms with E-state index in [1.54, 1.807) is 4.90 Å². The molecule has 25 heavy (non-hydrogen) atoms. The van der Waals surface area contributed by atoms with Gasteiger partial charge in [0.25, 0.3) is 11.8 Å². The van der Waals surface area contributed by atoms with Gasteiger partial charge in [-0.15, -0.1) is 0 Å². The SMILES string of the molecule is FOc1cccc(C(F)(F)F)n1.OC1CCN(c2ncon2)CC1O. The Balaban J connectivity index is 0.000000181. The van der Waals surface area contributed by atoms with Gasteiger partial charge in [0.2, 0.25) is 6.39 Å². The fraction of sp³-hybridized carbons (Fsp3) is 0.462. The minimum absolute atomic E-state index is 0.348. The molecule has 2 atom stereocenters. The number of hydrogen-bond donors (Lipinski definition) is 2. The van der Waals surface area contributed by atoms with Gasteiger partial charge in [0, 0.05) is 23.7 Å². The average molecular weight is 366 g/mol. The average Bonchev–Trinajstić information content (AvgIpc) is 3.12. The van der Waals surface area contributed by atoms with Crippen LogP contribution in [0.5, 0.6) is 5.88 Å². The molecule has 0 amide bonds. The minimum Gasteiger partial charge on any atom is -0.390 e. The Bertz CT molecular complexity index is 656. The molecule has 0 radical (unpaired) electrons. The molecule has 0 bridgehead atoms. The van der Waals surface area contributed by atoms with E-state index in [1.165, 1.54) is 6.39 Å². The topological polar surface area (TPSA) is 105 Å². The molecule has 1 aliphatic heterocycles. The Morgan fingerprint density at radius 1 is 1.24 bits per heavy atom. The van der Waals surface area contributed by atoms with Gasteiger partial charge in [0.05, 0.1) is 12.2 Å². The van der Waals surface area contributed by atoms with Crippen LogP contribution in [-0.4, -0.2) is 50.6 Å². The molecule has 1 saturated heterocycles. The Hall–Kier alpha value is -2.47. The number of piperidine rings is 1. The summed E-state index contributed by atoms with van der Waals surface area (Å²) in [6, 6.07) is 2.71. The molecule has 3 heterocycles. The van der Waals surface area contributed by atoms with Crippen LogP contribution in [0.2, 0.25) is 0 Å². The number of aliphatic hydroxyl groups excluding tert-OH is 2. The number of aliphatic hydroxyl groups is 2. The van der Waals surface area contributed by atoms with E-state index in [2.05, 4.69) is 24.6 Å². The van der Waals surface area contributed by atoms with Crippen LogP contribution < -0.4 is 9.84 Å². The number of alkyl halides is 3. The number of rotatable bonds is 2. The van der Waals surface area contributed by atoms with Crippen LogP contribution in [0.25, 0.3) is 0 Å². The third kappa shape index (κ3) is 5.26. The number of hydrogen-bond acceptors (Lipinski definition) is 8. The largest absolute Gasteiger partial charge is 0.433 e. The first-order valence-electron chi connectivity index (χ1n) is 7.01. The van der Waals surface area contributed by atoms with Crippen LogP contribution in [0.1, 0.15) is 12.1 Å². The Morgan fingerprint density at radius 2 is 2.00 bits per heavy atom. The van der Waals surface area contributed by atoms with E-state index in [0.717, 1.165) is 18.2 Å². The summed E-state index contributed by atoms with van der Waals surface area (Å²) in [5, 5.41) is 22.3. The number of nitrogens with zero attached hydrogens (tertiary/aromatic N) is 4. The molecule has 2 N–H and O–H groups in total. The zero-order chi connectivity index (χ0) is 18.4. The predicted molar refractivity (Wildman–Crippen MR) is 74.1 cm³/mol. The van der Waals surface area contributed by atoms with Crippen LogP contribution in [0, 0.1) is 0 Å². The van der Waals surface area contributed by atoms with Crippen molar-refractivity contribution >= 4 is 5.95 Å². The highest BCUT2D eigenvalue weighted by molar-refractivity contribution is 5.28. The van der Waals surface area contributed by atoms with Gasteiger partial charge in [-0.25, -0.2) is 4.98 Å². The number of anilines is 1. The first-order valence-corrected chi connectivity index (χ1v) is 7.01. The van der Waals surface area contributed by atoms with Crippen LogP contribution in [0.4, 0.5) is 23.6 Å². The third-order valence-corrected chi connectivity index (χ3v) is 3.27. The van der Waals surface area contributed by atoms with Gasteiger partial charge in [-0.05, 0) is 17.6 Å². The molecular formula is C13H14F4N4O4. The van der Waals surface area contributed by atoms with Crippen molar-refractivity contribution in [1.82, 2.24) is 15.1 Å². The lowest BCUT2D eigenvalue weighted by molar-refractivity contribution is -0.142. The third-order valence-electron chi connectivity index (χ3n) is 3.27. The molecular weight excluding hydrogens is 352 g/mol. The molecule has 8 nitrogen and oxygen atoms in total. The van der Waals surface area contributed by atoms with Gasteiger partial charge in [-0.2, -0.15) is 18.2 Å². The first-order chi connectivity index (χ1) is 11.8. The van der Waals surface area contributed by atoms with E-state index in [-0.39, 0.29) is 0 Å². The predicted octanol–water partition coefficient (Wildman–Crippen LogP) is 1.37. The van der Waals surface area contributed by atoms with Crippen molar-refractivity contribution in [3.05, 3.63) is 30.3 Å². The molecule has 0 saturated carbocycles. The van der Waals surface area contributed by atoms with Crippen molar-refractivity contribution in [3.63, 3.8) is 0 Å². The maximum atomic E-state index is 11.9. The van der Waals surface area contributed by atoms with Crippen LogP contribution >= 0.6 is 0 Å². The normalized spacial score (nSPS) is 20.6. The molecule has 1 fully saturated rings. The molecule has 138 valence electrons. The zero-order valence-corrected chi connectivity index (χ0v) is 12.6. The van der Waals surface area contributed by atoms with Crippen molar-refractivity contribution in [3.8, 4) is 5.88 Å². The van der Waals surface area contributed by atoms with Gasteiger partial charge in [0.15, 0.2) is 0 Å². The van der Waals surface area contributed by atoms with Crippen molar-refractivity contribution in [2.75, 3.05) is 18.0 Å². The molecule has 12 heteroatoms. The van der Waals surface area contributed by atoms with E-state index in [9.17, 15) is 27.9 Å². The lowest BCUT2D eigenvalue weighted by Gasteiger charge is -2.32. The Labute approximate surface area is 138 Å². The highest BCUT2D eigenvalue weighted by Crippen LogP contribution is 2.28. The first kappa shape index (κ1) is 18.9. The van der Waals surface area contributed by atoms with Gasteiger partial charge in [0.1, 0.15) is 5.69 Å². The highest BCUT2D eigenvalue weighted by atomic mass is 19.4. The van der Waals surface area contributed by atoms with Crippen molar-refractivity contribution in [1.29, 1.82) is 0 Å². The minimum atomic E-state index is -4.57. The molecule has 0 aliphatic carbocycles. The second-order valence-electron chi connectivity index (χ2n) is 5.04. The number of aromatic nitrogens is 3.